The van der Waals surface area contributed by atoms with Gasteiger partial charge < -0.3 is 10.4 Å². The van der Waals surface area contributed by atoms with Crippen molar-refractivity contribution in [3.63, 3.8) is 0 Å². The van der Waals surface area contributed by atoms with Gasteiger partial charge in [-0.25, -0.2) is 4.79 Å². The van der Waals surface area contributed by atoms with Gasteiger partial charge >= 0.3 is 5.97 Å². The average Bonchev–Trinajstić information content (AvgIpc) is 2.42. The molecule has 102 valence electrons. The van der Waals surface area contributed by atoms with Crippen LogP contribution in [0.15, 0.2) is 24.5 Å². The number of carboxylic acids is 1. The smallest absolute Gasteiger partial charge is 0.328 e. The number of pyridine rings is 1. The minimum Gasteiger partial charge on any atom is -0.478 e. The molecule has 0 aliphatic rings. The fraction of sp³-hybridized carbons (Fsp3) is 0.357. The molecule has 0 aliphatic carbocycles. The molecule has 1 heterocycles. The molecule has 0 saturated carbocycles. The molecular formula is C14H18N2O3. The van der Waals surface area contributed by atoms with E-state index in [9.17, 15) is 9.59 Å². The zero-order valence-electron chi connectivity index (χ0n) is 11.1. The lowest BCUT2D eigenvalue weighted by Crippen LogP contribution is -2.28. The van der Waals surface area contributed by atoms with E-state index in [1.807, 2.05) is 0 Å². The zero-order chi connectivity index (χ0) is 14.3. The monoisotopic (exact) mass is 262 g/mol. The molecule has 0 spiro atoms. The summed E-state index contributed by atoms with van der Waals surface area (Å²) in [6.45, 7) is 4.74. The van der Waals surface area contributed by atoms with E-state index >= 15 is 0 Å². The highest BCUT2D eigenvalue weighted by molar-refractivity contribution is 5.94. The third kappa shape index (κ3) is 5.33. The highest BCUT2D eigenvalue weighted by atomic mass is 16.4. The van der Waals surface area contributed by atoms with Crippen LogP contribution in [0.25, 0.3) is 6.08 Å². The Kier molecular flexibility index (Phi) is 5.73. The van der Waals surface area contributed by atoms with Crippen LogP contribution in [0.5, 0.6) is 0 Å². The number of rotatable bonds is 6. The Morgan fingerprint density at radius 3 is 2.84 bits per heavy atom. The highest BCUT2D eigenvalue weighted by Gasteiger charge is 2.07. The first-order valence-corrected chi connectivity index (χ1v) is 6.17. The number of nitrogens with one attached hydrogen (secondary N) is 1. The van der Waals surface area contributed by atoms with Crippen molar-refractivity contribution >= 4 is 18.0 Å². The van der Waals surface area contributed by atoms with Gasteiger partial charge in [-0.2, -0.15) is 0 Å². The zero-order valence-corrected chi connectivity index (χ0v) is 11.1. The van der Waals surface area contributed by atoms with Gasteiger partial charge in [0.1, 0.15) is 0 Å². The molecule has 0 radical (unpaired) electrons. The molecule has 0 bridgehead atoms. The largest absolute Gasteiger partial charge is 0.478 e. The van der Waals surface area contributed by atoms with Gasteiger partial charge in [0.05, 0.1) is 5.56 Å². The predicted octanol–water partition coefficient (Wildman–Crippen LogP) is 1.96. The third-order valence-corrected chi connectivity index (χ3v) is 2.75. The van der Waals surface area contributed by atoms with Crippen LogP contribution in [-0.4, -0.2) is 28.5 Å². The van der Waals surface area contributed by atoms with Gasteiger partial charge in [0.15, 0.2) is 0 Å². The van der Waals surface area contributed by atoms with Crippen LogP contribution in [0.2, 0.25) is 0 Å². The number of amides is 1. The molecular weight excluding hydrogens is 244 g/mol. The quantitative estimate of drug-likeness (QED) is 0.768. The van der Waals surface area contributed by atoms with Crippen molar-refractivity contribution in [2.75, 3.05) is 6.54 Å². The molecule has 0 saturated heterocycles. The summed E-state index contributed by atoms with van der Waals surface area (Å²) in [6, 6.07) is 1.61. The lowest BCUT2D eigenvalue weighted by atomic mass is 10.1. The van der Waals surface area contributed by atoms with Crippen LogP contribution in [0, 0.1) is 5.92 Å². The summed E-state index contributed by atoms with van der Waals surface area (Å²) in [5, 5.41) is 11.4. The lowest BCUT2D eigenvalue weighted by molar-refractivity contribution is -0.131. The van der Waals surface area contributed by atoms with Crippen LogP contribution in [-0.2, 0) is 4.79 Å². The van der Waals surface area contributed by atoms with Crippen LogP contribution >= 0.6 is 0 Å². The summed E-state index contributed by atoms with van der Waals surface area (Å²) < 4.78 is 0. The SMILES string of the molecule is CCC(C)CNC(=O)c1cncc(/C=C/C(=O)O)c1. The number of hydrogen-bond acceptors (Lipinski definition) is 3. The maximum Gasteiger partial charge on any atom is 0.328 e. The summed E-state index contributed by atoms with van der Waals surface area (Å²) in [4.78, 5) is 26.2. The van der Waals surface area contributed by atoms with Gasteiger partial charge in [-0.15, -0.1) is 0 Å². The number of hydrogen-bond donors (Lipinski definition) is 2. The maximum atomic E-state index is 11.9. The predicted molar refractivity (Wildman–Crippen MR) is 72.7 cm³/mol. The molecule has 5 nitrogen and oxygen atoms in total. The van der Waals surface area contributed by atoms with Gasteiger partial charge in [-0.05, 0) is 23.6 Å². The molecule has 1 aromatic rings. The van der Waals surface area contributed by atoms with E-state index in [1.165, 1.54) is 18.5 Å². The Bertz CT molecular complexity index is 483. The van der Waals surface area contributed by atoms with Crippen molar-refractivity contribution in [3.05, 3.63) is 35.7 Å². The van der Waals surface area contributed by atoms with Crippen molar-refractivity contribution < 1.29 is 14.7 Å². The van der Waals surface area contributed by atoms with Gasteiger partial charge in [-0.1, -0.05) is 20.3 Å². The number of carboxylic acid groups (broad SMARTS) is 1. The van der Waals surface area contributed by atoms with Gasteiger partial charge in [0.2, 0.25) is 0 Å². The molecule has 0 fully saturated rings. The van der Waals surface area contributed by atoms with E-state index in [-0.39, 0.29) is 5.91 Å². The summed E-state index contributed by atoms with van der Waals surface area (Å²) in [5.74, 6) is -0.808. The number of carbonyl (C=O) groups is 2. The summed E-state index contributed by atoms with van der Waals surface area (Å²) in [7, 11) is 0. The van der Waals surface area contributed by atoms with E-state index in [1.54, 1.807) is 6.07 Å². The average molecular weight is 262 g/mol. The normalized spacial score (nSPS) is 12.3. The molecule has 2 N–H and O–H groups in total. The number of aliphatic carboxylic acids is 1. The lowest BCUT2D eigenvalue weighted by Gasteiger charge is -2.10. The molecule has 1 unspecified atom stereocenters. The first-order chi connectivity index (χ1) is 9.02. The minimum atomic E-state index is -1.04. The molecule has 1 amide bonds. The van der Waals surface area contributed by atoms with E-state index in [2.05, 4.69) is 24.1 Å². The Hall–Kier alpha value is -2.17. The van der Waals surface area contributed by atoms with Crippen molar-refractivity contribution in [1.82, 2.24) is 10.3 Å². The summed E-state index contributed by atoms with van der Waals surface area (Å²) in [6.07, 6.45) is 6.38. The first kappa shape index (κ1) is 14.9. The molecule has 0 aliphatic heterocycles. The molecule has 19 heavy (non-hydrogen) atoms. The fourth-order valence-corrected chi connectivity index (χ4v) is 1.35. The highest BCUT2D eigenvalue weighted by Crippen LogP contribution is 2.05. The van der Waals surface area contributed by atoms with Crippen molar-refractivity contribution in [3.8, 4) is 0 Å². The van der Waals surface area contributed by atoms with Crippen molar-refractivity contribution in [2.45, 2.75) is 20.3 Å². The van der Waals surface area contributed by atoms with Gasteiger partial charge in [0.25, 0.3) is 5.91 Å². The Morgan fingerprint density at radius 2 is 2.21 bits per heavy atom. The van der Waals surface area contributed by atoms with Crippen molar-refractivity contribution in [1.29, 1.82) is 0 Å². The summed E-state index contributed by atoms with van der Waals surface area (Å²) >= 11 is 0. The molecule has 1 rings (SSSR count). The van der Waals surface area contributed by atoms with Gasteiger partial charge in [0, 0.05) is 25.0 Å². The topological polar surface area (TPSA) is 79.3 Å². The van der Waals surface area contributed by atoms with E-state index in [4.69, 9.17) is 5.11 Å². The molecule has 1 atom stereocenters. The Balaban J connectivity index is 2.70. The maximum absolute atomic E-state index is 11.9. The molecule has 0 aromatic carbocycles. The molecule has 5 heteroatoms. The van der Waals surface area contributed by atoms with Crippen LogP contribution in [0.1, 0.15) is 36.2 Å². The van der Waals surface area contributed by atoms with Crippen LogP contribution < -0.4 is 5.32 Å². The second-order valence-electron chi connectivity index (χ2n) is 4.40. The molecule has 1 aromatic heterocycles. The number of nitrogens with zero attached hydrogens (tertiary/aromatic N) is 1. The number of aromatic nitrogens is 1. The van der Waals surface area contributed by atoms with E-state index in [0.717, 1.165) is 12.5 Å². The third-order valence-electron chi connectivity index (χ3n) is 2.75. The van der Waals surface area contributed by atoms with Crippen molar-refractivity contribution in [2.24, 2.45) is 5.92 Å². The van der Waals surface area contributed by atoms with Gasteiger partial charge in [-0.3, -0.25) is 9.78 Å². The first-order valence-electron chi connectivity index (χ1n) is 6.17. The fourth-order valence-electron chi connectivity index (χ4n) is 1.35. The van der Waals surface area contributed by atoms with E-state index < -0.39 is 5.97 Å². The van der Waals surface area contributed by atoms with Crippen LogP contribution in [0.3, 0.4) is 0 Å². The minimum absolute atomic E-state index is 0.196. The van der Waals surface area contributed by atoms with E-state index in [0.29, 0.717) is 23.6 Å². The summed E-state index contributed by atoms with van der Waals surface area (Å²) in [5.41, 5.74) is 1.01. The standard InChI is InChI=1S/C14H18N2O3/c1-3-10(2)7-16-14(19)12-6-11(8-15-9-12)4-5-13(17)18/h4-6,8-10H,3,7H2,1-2H3,(H,16,19)(H,17,18)/b5-4+. The Labute approximate surface area is 112 Å². The Morgan fingerprint density at radius 1 is 1.47 bits per heavy atom. The second kappa shape index (κ2) is 7.31. The number of carbonyl (C=O) groups excluding carboxylic acids is 1. The second-order valence-corrected chi connectivity index (χ2v) is 4.40. The van der Waals surface area contributed by atoms with Crippen LogP contribution in [0.4, 0.5) is 0 Å².